The third-order valence-electron chi connectivity index (χ3n) is 5.56. The number of fused-ring (bicyclic) bond motifs is 3. The van der Waals surface area contributed by atoms with Gasteiger partial charge in [0.1, 0.15) is 5.82 Å². The van der Waals surface area contributed by atoms with E-state index in [1.54, 1.807) is 22.4 Å². The topological polar surface area (TPSA) is 56.0 Å². The van der Waals surface area contributed by atoms with Crippen LogP contribution in [0.1, 0.15) is 18.5 Å². The number of rotatable bonds is 2. The molecule has 0 aliphatic carbocycles. The van der Waals surface area contributed by atoms with E-state index in [0.717, 1.165) is 56.7 Å². The Hall–Kier alpha value is -2.67. The summed E-state index contributed by atoms with van der Waals surface area (Å²) in [6.45, 7) is 4.06. The highest BCUT2D eigenvalue weighted by atomic mass is 79.9. The Morgan fingerprint density at radius 2 is 1.89 bits per heavy atom. The Bertz CT molecular complexity index is 1280. The first kappa shape index (κ1) is 17.4. The quantitative estimate of drug-likeness (QED) is 0.476. The van der Waals surface area contributed by atoms with Gasteiger partial charge in [-0.15, -0.1) is 0 Å². The van der Waals surface area contributed by atoms with Gasteiger partial charge in [0.15, 0.2) is 0 Å². The molecule has 6 nitrogen and oxygen atoms in total. The predicted molar refractivity (Wildman–Crippen MR) is 115 cm³/mol. The summed E-state index contributed by atoms with van der Waals surface area (Å²) in [7, 11) is 1.79. The lowest BCUT2D eigenvalue weighted by Gasteiger charge is -2.18. The number of hydrogen-bond donors (Lipinski definition) is 0. The second kappa shape index (κ2) is 6.44. The molecule has 1 aliphatic heterocycles. The van der Waals surface area contributed by atoms with Gasteiger partial charge in [0, 0.05) is 30.0 Å². The molecule has 0 bridgehead atoms. The maximum Gasteiger partial charge on any atom is 0.333 e. The van der Waals surface area contributed by atoms with Gasteiger partial charge >= 0.3 is 5.69 Å². The van der Waals surface area contributed by atoms with Gasteiger partial charge in [0.05, 0.1) is 34.1 Å². The fraction of sp³-hybridized carbons (Fsp3) is 0.286. The highest BCUT2D eigenvalue weighted by Crippen LogP contribution is 2.29. The van der Waals surface area contributed by atoms with Crippen molar-refractivity contribution in [3.05, 3.63) is 57.2 Å². The molecule has 1 aromatic carbocycles. The van der Waals surface area contributed by atoms with Crippen molar-refractivity contribution in [1.82, 2.24) is 19.1 Å². The van der Waals surface area contributed by atoms with Crippen LogP contribution in [0.4, 0.5) is 5.82 Å². The van der Waals surface area contributed by atoms with Crippen molar-refractivity contribution < 1.29 is 0 Å². The Balaban J connectivity index is 1.80. The first-order chi connectivity index (χ1) is 13.5. The lowest BCUT2D eigenvalue weighted by Crippen LogP contribution is -2.23. The highest BCUT2D eigenvalue weighted by Gasteiger charge is 2.20. The molecule has 142 valence electrons. The third kappa shape index (κ3) is 2.57. The number of halogens is 1. The van der Waals surface area contributed by atoms with E-state index in [2.05, 4.69) is 25.8 Å². The van der Waals surface area contributed by atoms with Crippen LogP contribution in [0.3, 0.4) is 0 Å². The van der Waals surface area contributed by atoms with Crippen molar-refractivity contribution in [1.29, 1.82) is 0 Å². The zero-order valence-electron chi connectivity index (χ0n) is 15.8. The molecule has 0 amide bonds. The summed E-state index contributed by atoms with van der Waals surface area (Å²) in [4.78, 5) is 24.8. The largest absolute Gasteiger partial charge is 0.357 e. The minimum atomic E-state index is -0.0944. The maximum atomic E-state index is 13.2. The fourth-order valence-electron chi connectivity index (χ4n) is 4.09. The van der Waals surface area contributed by atoms with E-state index in [-0.39, 0.29) is 5.69 Å². The van der Waals surface area contributed by atoms with Crippen LogP contribution < -0.4 is 10.6 Å². The average Bonchev–Trinajstić information content (AvgIpc) is 3.30. The number of aromatic nitrogens is 4. The standard InChI is InChI=1S/C21H20BrN5O/c1-13-17(7-8-19(24-13)26-9-3-4-10-26)27-20-15-11-14(22)5-6-16(15)23-12-18(20)25(2)21(27)28/h5-8,11-12H,3-4,9-10H2,1-2H3. The highest BCUT2D eigenvalue weighted by molar-refractivity contribution is 9.10. The van der Waals surface area contributed by atoms with E-state index in [0.29, 0.717) is 0 Å². The van der Waals surface area contributed by atoms with E-state index in [4.69, 9.17) is 4.98 Å². The smallest absolute Gasteiger partial charge is 0.333 e. The summed E-state index contributed by atoms with van der Waals surface area (Å²) >= 11 is 3.55. The second-order valence-electron chi connectivity index (χ2n) is 7.30. The van der Waals surface area contributed by atoms with Crippen molar-refractivity contribution in [3.8, 4) is 5.69 Å². The summed E-state index contributed by atoms with van der Waals surface area (Å²) < 4.78 is 4.37. The van der Waals surface area contributed by atoms with E-state index >= 15 is 0 Å². The van der Waals surface area contributed by atoms with Crippen LogP contribution in [-0.2, 0) is 7.05 Å². The number of nitrogens with zero attached hydrogens (tertiary/aromatic N) is 5. The number of pyridine rings is 2. The zero-order chi connectivity index (χ0) is 19.4. The van der Waals surface area contributed by atoms with Crippen molar-refractivity contribution >= 4 is 43.7 Å². The Labute approximate surface area is 170 Å². The normalized spacial score (nSPS) is 14.5. The molecule has 0 atom stereocenters. The van der Waals surface area contributed by atoms with Crippen molar-refractivity contribution in [2.45, 2.75) is 19.8 Å². The number of hydrogen-bond acceptors (Lipinski definition) is 4. The van der Waals surface area contributed by atoms with E-state index in [1.807, 2.05) is 37.3 Å². The van der Waals surface area contributed by atoms with Gasteiger partial charge in [-0.3, -0.25) is 14.1 Å². The number of anilines is 1. The number of imidazole rings is 1. The lowest BCUT2D eigenvalue weighted by molar-refractivity contribution is 0.837. The van der Waals surface area contributed by atoms with Gasteiger partial charge in [-0.25, -0.2) is 9.78 Å². The molecule has 4 aromatic rings. The Morgan fingerprint density at radius 1 is 1.11 bits per heavy atom. The van der Waals surface area contributed by atoms with Crippen LogP contribution in [0.2, 0.25) is 0 Å². The van der Waals surface area contributed by atoms with Crippen LogP contribution in [0, 0.1) is 6.92 Å². The molecule has 0 saturated carbocycles. The molecule has 1 aliphatic rings. The molecule has 1 saturated heterocycles. The molecule has 0 spiro atoms. The van der Waals surface area contributed by atoms with Gasteiger partial charge in [-0.1, -0.05) is 15.9 Å². The maximum absolute atomic E-state index is 13.2. The van der Waals surface area contributed by atoms with Gasteiger partial charge in [0.2, 0.25) is 0 Å². The number of aryl methyl sites for hydroxylation is 2. The second-order valence-corrected chi connectivity index (χ2v) is 8.21. The van der Waals surface area contributed by atoms with Crippen LogP contribution in [0.15, 0.2) is 45.8 Å². The lowest BCUT2D eigenvalue weighted by atomic mass is 10.2. The van der Waals surface area contributed by atoms with Gasteiger partial charge in [0.25, 0.3) is 0 Å². The zero-order valence-corrected chi connectivity index (χ0v) is 17.4. The first-order valence-corrected chi connectivity index (χ1v) is 10.2. The van der Waals surface area contributed by atoms with E-state index in [1.165, 1.54) is 12.8 Å². The molecule has 0 N–H and O–H groups in total. The molecule has 4 heterocycles. The van der Waals surface area contributed by atoms with Gasteiger partial charge < -0.3 is 4.90 Å². The van der Waals surface area contributed by atoms with Crippen LogP contribution in [0.5, 0.6) is 0 Å². The molecule has 0 radical (unpaired) electrons. The summed E-state index contributed by atoms with van der Waals surface area (Å²) in [5.41, 5.74) is 4.08. The van der Waals surface area contributed by atoms with Gasteiger partial charge in [-0.2, -0.15) is 0 Å². The summed E-state index contributed by atoms with van der Waals surface area (Å²) in [5.74, 6) is 0.987. The first-order valence-electron chi connectivity index (χ1n) is 9.43. The summed E-state index contributed by atoms with van der Waals surface area (Å²) in [6, 6.07) is 9.98. The predicted octanol–water partition coefficient (Wildman–Crippen LogP) is 3.94. The van der Waals surface area contributed by atoms with E-state index < -0.39 is 0 Å². The Morgan fingerprint density at radius 3 is 2.64 bits per heavy atom. The Kier molecular flexibility index (Phi) is 4.01. The fourth-order valence-corrected chi connectivity index (χ4v) is 4.45. The summed E-state index contributed by atoms with van der Waals surface area (Å²) in [6.07, 6.45) is 4.18. The van der Waals surface area contributed by atoms with Crippen molar-refractivity contribution in [2.75, 3.05) is 18.0 Å². The molecule has 28 heavy (non-hydrogen) atoms. The van der Waals surface area contributed by atoms with Crippen LogP contribution in [-0.4, -0.2) is 32.2 Å². The van der Waals surface area contributed by atoms with Crippen LogP contribution in [0.25, 0.3) is 27.6 Å². The molecule has 3 aromatic heterocycles. The van der Waals surface area contributed by atoms with Crippen molar-refractivity contribution in [2.24, 2.45) is 7.05 Å². The van der Waals surface area contributed by atoms with E-state index in [9.17, 15) is 4.79 Å². The minimum Gasteiger partial charge on any atom is -0.357 e. The average molecular weight is 438 g/mol. The summed E-state index contributed by atoms with van der Waals surface area (Å²) in [5, 5.41) is 0.938. The molecule has 7 heteroatoms. The van der Waals surface area contributed by atoms with Crippen molar-refractivity contribution in [3.63, 3.8) is 0 Å². The van der Waals surface area contributed by atoms with Crippen LogP contribution >= 0.6 is 15.9 Å². The minimum absolute atomic E-state index is 0.0944. The number of benzene rings is 1. The molecule has 0 unspecified atom stereocenters. The molecule has 5 rings (SSSR count). The molecular formula is C21H20BrN5O. The van der Waals surface area contributed by atoms with Gasteiger partial charge in [-0.05, 0) is 50.1 Å². The molecule has 1 fully saturated rings. The third-order valence-corrected chi connectivity index (χ3v) is 6.05. The molecular weight excluding hydrogens is 418 g/mol. The SMILES string of the molecule is Cc1nc(N2CCCC2)ccc1-n1c(=O)n(C)c2cnc3ccc(Br)cc3c21. The monoisotopic (exact) mass is 437 g/mol.